The molecule has 3 nitrogen and oxygen atoms in total. The highest BCUT2D eigenvalue weighted by molar-refractivity contribution is 6.08. The summed E-state index contributed by atoms with van der Waals surface area (Å²) in [6, 6.07) is 18.8. The van der Waals surface area contributed by atoms with Gasteiger partial charge in [-0.2, -0.15) is 0 Å². The maximum absolute atomic E-state index is 12.3. The highest BCUT2D eigenvalue weighted by Crippen LogP contribution is 2.48. The van der Waals surface area contributed by atoms with E-state index in [4.69, 9.17) is 4.99 Å². The van der Waals surface area contributed by atoms with Crippen LogP contribution < -0.4 is 5.32 Å². The Morgan fingerprint density at radius 1 is 1.04 bits per heavy atom. The summed E-state index contributed by atoms with van der Waals surface area (Å²) in [7, 11) is 0. The lowest BCUT2D eigenvalue weighted by Crippen LogP contribution is -2.44. The predicted molar refractivity (Wildman–Crippen MR) is 97.9 cm³/mol. The molecule has 2 aromatic carbocycles. The van der Waals surface area contributed by atoms with Gasteiger partial charge in [0.1, 0.15) is 5.78 Å². The minimum Gasteiger partial charge on any atom is -0.376 e. The SMILES string of the molecule is CC1(C)CC(=O)CC2=Nc3ccccc3NC(c3ccccc3)C21. The quantitative estimate of drug-likeness (QED) is 0.810. The van der Waals surface area contributed by atoms with Crippen LogP contribution in [0.3, 0.4) is 0 Å². The number of hydrogen-bond acceptors (Lipinski definition) is 3. The number of Topliss-reactive ketones (excluding diaryl/α,β-unsaturated/α-hetero) is 1. The number of hydrogen-bond donors (Lipinski definition) is 1. The number of carbonyl (C=O) groups excluding carboxylic acids is 1. The van der Waals surface area contributed by atoms with E-state index in [1.165, 1.54) is 5.56 Å². The van der Waals surface area contributed by atoms with Crippen molar-refractivity contribution in [3.05, 3.63) is 60.2 Å². The van der Waals surface area contributed by atoms with Gasteiger partial charge in [0.2, 0.25) is 0 Å². The molecule has 2 aliphatic rings. The monoisotopic (exact) mass is 318 g/mol. The summed E-state index contributed by atoms with van der Waals surface area (Å²) in [5.41, 5.74) is 4.11. The lowest BCUT2D eigenvalue weighted by atomic mass is 9.63. The fourth-order valence-electron chi connectivity index (χ4n) is 4.23. The van der Waals surface area contributed by atoms with Crippen LogP contribution in [0.1, 0.15) is 38.3 Å². The van der Waals surface area contributed by atoms with E-state index in [0.29, 0.717) is 18.6 Å². The number of fused-ring (bicyclic) bond motifs is 2. The summed E-state index contributed by atoms with van der Waals surface area (Å²) >= 11 is 0. The number of ketones is 1. The molecule has 0 saturated heterocycles. The van der Waals surface area contributed by atoms with Gasteiger partial charge in [0.25, 0.3) is 0 Å². The standard InChI is InChI=1S/C21H22N2O/c1-21(2)13-15(24)12-18-19(21)20(14-8-4-3-5-9-14)23-17-11-7-6-10-16(17)22-18/h3-11,19-20,23H,12-13H2,1-2H3. The highest BCUT2D eigenvalue weighted by atomic mass is 16.1. The molecule has 1 heterocycles. The van der Waals surface area contributed by atoms with E-state index >= 15 is 0 Å². The van der Waals surface area contributed by atoms with Crippen LogP contribution in [0.2, 0.25) is 0 Å². The summed E-state index contributed by atoms with van der Waals surface area (Å²) in [6.45, 7) is 4.38. The van der Waals surface area contributed by atoms with Crippen LogP contribution in [0.15, 0.2) is 59.6 Å². The Morgan fingerprint density at radius 3 is 2.54 bits per heavy atom. The van der Waals surface area contributed by atoms with Gasteiger partial charge in [-0.1, -0.05) is 56.3 Å². The van der Waals surface area contributed by atoms with Crippen LogP contribution in [0, 0.1) is 11.3 Å². The molecule has 0 amide bonds. The fourth-order valence-corrected chi connectivity index (χ4v) is 4.23. The minimum atomic E-state index is -0.121. The zero-order chi connectivity index (χ0) is 16.7. The molecule has 0 spiro atoms. The van der Waals surface area contributed by atoms with Crippen molar-refractivity contribution < 1.29 is 4.79 Å². The van der Waals surface area contributed by atoms with E-state index in [-0.39, 0.29) is 17.4 Å². The Kier molecular flexibility index (Phi) is 3.52. The first kappa shape index (κ1) is 15.1. The predicted octanol–water partition coefficient (Wildman–Crippen LogP) is 4.93. The third-order valence-corrected chi connectivity index (χ3v) is 5.20. The molecule has 1 aliphatic heterocycles. The average Bonchev–Trinajstić information content (AvgIpc) is 2.71. The molecule has 0 radical (unpaired) electrons. The Labute approximate surface area is 142 Å². The molecule has 3 heteroatoms. The number of carbonyl (C=O) groups is 1. The van der Waals surface area contributed by atoms with E-state index in [1.54, 1.807) is 0 Å². The van der Waals surface area contributed by atoms with Gasteiger partial charge in [0.05, 0.1) is 17.4 Å². The topological polar surface area (TPSA) is 41.5 Å². The third-order valence-electron chi connectivity index (χ3n) is 5.20. The third kappa shape index (κ3) is 2.54. The lowest BCUT2D eigenvalue weighted by molar-refractivity contribution is -0.121. The molecule has 1 N–H and O–H groups in total. The summed E-state index contributed by atoms with van der Waals surface area (Å²) in [5, 5.41) is 3.72. The van der Waals surface area contributed by atoms with Gasteiger partial charge in [-0.25, -0.2) is 0 Å². The van der Waals surface area contributed by atoms with Gasteiger partial charge >= 0.3 is 0 Å². The molecule has 0 aromatic heterocycles. The number of anilines is 1. The number of nitrogens with zero attached hydrogens (tertiary/aromatic N) is 1. The molecule has 4 rings (SSSR count). The molecule has 1 aliphatic carbocycles. The van der Waals surface area contributed by atoms with Crippen LogP contribution in [0.25, 0.3) is 0 Å². The first-order valence-corrected chi connectivity index (χ1v) is 8.54. The van der Waals surface area contributed by atoms with Crippen molar-refractivity contribution in [2.45, 2.75) is 32.7 Å². The maximum Gasteiger partial charge on any atom is 0.139 e. The van der Waals surface area contributed by atoms with Crippen LogP contribution in [-0.2, 0) is 4.79 Å². The van der Waals surface area contributed by atoms with Crippen molar-refractivity contribution in [3.8, 4) is 0 Å². The van der Waals surface area contributed by atoms with Crippen molar-refractivity contribution in [2.75, 3.05) is 5.32 Å². The Morgan fingerprint density at radius 2 is 1.75 bits per heavy atom. The van der Waals surface area contributed by atoms with Crippen LogP contribution in [-0.4, -0.2) is 11.5 Å². The van der Waals surface area contributed by atoms with E-state index in [2.05, 4.69) is 49.5 Å². The van der Waals surface area contributed by atoms with E-state index in [0.717, 1.165) is 17.1 Å². The summed E-state index contributed by atoms with van der Waals surface area (Å²) in [5.74, 6) is 0.492. The van der Waals surface area contributed by atoms with E-state index in [1.807, 2.05) is 24.3 Å². The second-order valence-corrected chi connectivity index (χ2v) is 7.51. The molecule has 1 saturated carbocycles. The van der Waals surface area contributed by atoms with Crippen LogP contribution in [0.5, 0.6) is 0 Å². The molecule has 122 valence electrons. The van der Waals surface area contributed by atoms with Crippen LogP contribution >= 0.6 is 0 Å². The number of para-hydroxylation sites is 2. The summed E-state index contributed by atoms with van der Waals surface area (Å²) in [4.78, 5) is 17.2. The van der Waals surface area contributed by atoms with Gasteiger partial charge in [-0.15, -0.1) is 0 Å². The Balaban J connectivity index is 1.90. The summed E-state index contributed by atoms with van der Waals surface area (Å²) < 4.78 is 0. The van der Waals surface area contributed by atoms with Crippen molar-refractivity contribution in [1.29, 1.82) is 0 Å². The zero-order valence-electron chi connectivity index (χ0n) is 14.1. The maximum atomic E-state index is 12.3. The number of rotatable bonds is 1. The smallest absolute Gasteiger partial charge is 0.139 e. The van der Waals surface area contributed by atoms with Crippen molar-refractivity contribution in [3.63, 3.8) is 0 Å². The lowest BCUT2D eigenvalue weighted by Gasteiger charge is -2.43. The second-order valence-electron chi connectivity index (χ2n) is 7.51. The number of benzene rings is 2. The molecule has 24 heavy (non-hydrogen) atoms. The van der Waals surface area contributed by atoms with Gasteiger partial charge in [0, 0.05) is 24.5 Å². The van der Waals surface area contributed by atoms with Gasteiger partial charge in [-0.05, 0) is 23.1 Å². The minimum absolute atomic E-state index is 0.121. The largest absolute Gasteiger partial charge is 0.376 e. The second kappa shape index (κ2) is 5.59. The molecular formula is C21H22N2O. The molecular weight excluding hydrogens is 296 g/mol. The Bertz CT molecular complexity index is 808. The fraction of sp³-hybridized carbons (Fsp3) is 0.333. The first-order chi connectivity index (χ1) is 11.5. The molecule has 1 fully saturated rings. The first-order valence-electron chi connectivity index (χ1n) is 8.54. The number of nitrogens with one attached hydrogen (secondary N) is 1. The van der Waals surface area contributed by atoms with Gasteiger partial charge in [0.15, 0.2) is 0 Å². The zero-order valence-corrected chi connectivity index (χ0v) is 14.1. The average molecular weight is 318 g/mol. The normalized spacial score (nSPS) is 24.9. The molecule has 0 bridgehead atoms. The van der Waals surface area contributed by atoms with Crippen molar-refractivity contribution in [1.82, 2.24) is 0 Å². The van der Waals surface area contributed by atoms with Gasteiger partial charge in [-0.3, -0.25) is 9.79 Å². The van der Waals surface area contributed by atoms with Gasteiger partial charge < -0.3 is 5.32 Å². The molecule has 2 atom stereocenters. The summed E-state index contributed by atoms with van der Waals surface area (Å²) in [6.07, 6.45) is 1.07. The number of aliphatic imine (C=N–C) groups is 1. The van der Waals surface area contributed by atoms with E-state index in [9.17, 15) is 4.79 Å². The molecule has 2 aromatic rings. The molecule has 2 unspecified atom stereocenters. The van der Waals surface area contributed by atoms with Crippen molar-refractivity contribution in [2.24, 2.45) is 16.3 Å². The van der Waals surface area contributed by atoms with E-state index < -0.39 is 0 Å². The Hall–Kier alpha value is -2.42. The van der Waals surface area contributed by atoms with Crippen molar-refractivity contribution >= 4 is 22.9 Å². The highest BCUT2D eigenvalue weighted by Gasteiger charge is 2.46. The van der Waals surface area contributed by atoms with Crippen LogP contribution in [0.4, 0.5) is 11.4 Å².